The highest BCUT2D eigenvalue weighted by Gasteiger charge is 2.41. The standard InChI is InChI=1S/C33H34N2O4.C29H34N2O4/c36-27-13-14-30(31(37)19-27)35-21-29-28(33(35)38)7-4-8-32(29)39-22-24-11-9-23(10-12-24)20-34-17-15-26(16-18-34)25-5-2-1-3-6-25;1-19-5-3-6-20(2)30(19)16-21-9-11-22(12-10-21)18-35-28-8-4-7-24-25(28)17-31(29(24)34)26-14-13-23(32)15-27(26)33/h1-12,26,30H,13-22H2;4,7-12,19-20,26H,3,5-6,13-18H2,1-2H3/t;19-,20+,26?. The van der Waals surface area contributed by atoms with Crippen molar-refractivity contribution in [1.29, 1.82) is 0 Å². The number of hydrogen-bond donors (Lipinski definition) is 0. The van der Waals surface area contributed by atoms with Crippen molar-refractivity contribution in [3.05, 3.63) is 165 Å². The monoisotopic (exact) mass is 997 g/mol. The van der Waals surface area contributed by atoms with Crippen molar-refractivity contribution in [1.82, 2.24) is 19.6 Å². The number of rotatable bonds is 13. The molecule has 0 spiro atoms. The fraction of sp³-hybridized carbons (Fsp3) is 0.419. The first-order valence-electron chi connectivity index (χ1n) is 26.8. The third-order valence-electron chi connectivity index (χ3n) is 16.4. The summed E-state index contributed by atoms with van der Waals surface area (Å²) in [4.78, 5) is 82.6. The highest BCUT2D eigenvalue weighted by atomic mass is 16.5. The molecule has 6 aliphatic rings. The molecule has 11 rings (SSSR count). The SMILES string of the molecule is C[C@@H]1CCC[C@H](C)N1Cc1ccc(COc2cccc3c2CN(C2CCC(=O)CC2=O)C3=O)cc1.O=C1CCC(N2Cc3c(OCc4ccc(CN5CCC(c6ccccc6)CC5)cc4)cccc3C2=O)C(=O)C1. The fourth-order valence-electron chi connectivity index (χ4n) is 12.0. The third kappa shape index (κ3) is 11.5. The van der Waals surface area contributed by atoms with Gasteiger partial charge in [-0.05, 0) is 123 Å². The van der Waals surface area contributed by atoms with E-state index in [1.807, 2.05) is 24.3 Å². The number of benzene rings is 5. The Bertz CT molecular complexity index is 2870. The molecule has 0 radical (unpaired) electrons. The second-order valence-electron chi connectivity index (χ2n) is 21.4. The van der Waals surface area contributed by atoms with Crippen LogP contribution in [0.5, 0.6) is 11.5 Å². The quantitative estimate of drug-likeness (QED) is 0.105. The van der Waals surface area contributed by atoms with Crippen LogP contribution in [0.1, 0.15) is 150 Å². The lowest BCUT2D eigenvalue weighted by Crippen LogP contribution is -2.44. The van der Waals surface area contributed by atoms with E-state index in [1.165, 1.54) is 48.8 Å². The maximum atomic E-state index is 13.1. The Morgan fingerprint density at radius 3 is 1.42 bits per heavy atom. The van der Waals surface area contributed by atoms with Gasteiger partial charge in [-0.15, -0.1) is 0 Å². The summed E-state index contributed by atoms with van der Waals surface area (Å²) in [5, 5.41) is 0. The maximum Gasteiger partial charge on any atom is 0.255 e. The second-order valence-corrected chi connectivity index (χ2v) is 21.4. The molecule has 12 nitrogen and oxygen atoms in total. The normalized spacial score (nSPS) is 22.6. The van der Waals surface area contributed by atoms with Crippen LogP contribution in [-0.4, -0.2) is 91.8 Å². The van der Waals surface area contributed by atoms with E-state index in [0.29, 0.717) is 92.6 Å². The van der Waals surface area contributed by atoms with Crippen LogP contribution in [0.4, 0.5) is 0 Å². The van der Waals surface area contributed by atoms with E-state index < -0.39 is 12.1 Å². The van der Waals surface area contributed by atoms with Crippen molar-refractivity contribution < 1.29 is 38.2 Å². The van der Waals surface area contributed by atoms with Crippen LogP contribution in [0.3, 0.4) is 0 Å². The molecule has 4 aliphatic heterocycles. The summed E-state index contributed by atoms with van der Waals surface area (Å²) >= 11 is 0. The average molecular weight is 997 g/mol. The molecule has 2 unspecified atom stereocenters. The summed E-state index contributed by atoms with van der Waals surface area (Å²) in [6, 6.07) is 39.3. The van der Waals surface area contributed by atoms with Crippen molar-refractivity contribution in [3.63, 3.8) is 0 Å². The number of ether oxygens (including phenoxy) is 2. The van der Waals surface area contributed by atoms with Crippen molar-refractivity contribution in [3.8, 4) is 11.5 Å². The Labute approximate surface area is 435 Å². The van der Waals surface area contributed by atoms with Gasteiger partial charge in [0.1, 0.15) is 36.3 Å². The van der Waals surface area contributed by atoms with E-state index in [2.05, 4.69) is 103 Å². The maximum absolute atomic E-state index is 13.1. The van der Waals surface area contributed by atoms with Gasteiger partial charge in [-0.2, -0.15) is 0 Å². The van der Waals surface area contributed by atoms with Crippen LogP contribution < -0.4 is 9.47 Å². The molecule has 0 bridgehead atoms. The highest BCUT2D eigenvalue weighted by molar-refractivity contribution is 6.08. The van der Waals surface area contributed by atoms with Crippen molar-refractivity contribution >= 4 is 34.9 Å². The Kier molecular flexibility index (Phi) is 15.6. The first-order valence-corrected chi connectivity index (χ1v) is 26.8. The van der Waals surface area contributed by atoms with Gasteiger partial charge in [0.05, 0.1) is 38.0 Å². The topological polar surface area (TPSA) is 134 Å². The van der Waals surface area contributed by atoms with Gasteiger partial charge >= 0.3 is 0 Å². The number of piperidine rings is 2. The van der Waals surface area contributed by atoms with E-state index in [1.54, 1.807) is 21.9 Å². The minimum Gasteiger partial charge on any atom is -0.489 e. The van der Waals surface area contributed by atoms with Gasteiger partial charge in [-0.25, -0.2) is 0 Å². The molecule has 2 saturated heterocycles. The first-order chi connectivity index (χ1) is 35.9. The van der Waals surface area contributed by atoms with E-state index >= 15 is 0 Å². The molecule has 0 aromatic heterocycles. The lowest BCUT2D eigenvalue weighted by Gasteiger charge is -2.39. The molecule has 5 aromatic carbocycles. The van der Waals surface area contributed by atoms with Crippen LogP contribution in [0, 0.1) is 0 Å². The molecule has 4 atom stereocenters. The van der Waals surface area contributed by atoms with Gasteiger partial charge in [0, 0.05) is 60.3 Å². The predicted molar refractivity (Wildman–Crippen MR) is 281 cm³/mol. The number of likely N-dealkylation sites (tertiary alicyclic amines) is 2. The lowest BCUT2D eigenvalue weighted by molar-refractivity contribution is -0.134. The van der Waals surface area contributed by atoms with Crippen LogP contribution >= 0.6 is 0 Å². The number of amides is 2. The molecular formula is C62H68N4O8. The largest absolute Gasteiger partial charge is 0.489 e. The van der Waals surface area contributed by atoms with Crippen LogP contribution in [0.25, 0.3) is 0 Å². The van der Waals surface area contributed by atoms with E-state index in [0.717, 1.165) is 48.4 Å². The molecule has 2 saturated carbocycles. The molecule has 12 heteroatoms. The fourth-order valence-corrected chi connectivity index (χ4v) is 12.0. The predicted octanol–water partition coefficient (Wildman–Crippen LogP) is 9.97. The van der Waals surface area contributed by atoms with Crippen LogP contribution in [-0.2, 0) is 58.6 Å². The summed E-state index contributed by atoms with van der Waals surface area (Å²) in [5.41, 5.74) is 9.04. The lowest BCUT2D eigenvalue weighted by atomic mass is 9.89. The zero-order valence-corrected chi connectivity index (χ0v) is 42.8. The summed E-state index contributed by atoms with van der Waals surface area (Å²) in [6.07, 6.45) is 7.63. The first kappa shape index (κ1) is 50.8. The van der Waals surface area contributed by atoms with Crippen LogP contribution in [0.15, 0.2) is 115 Å². The minimum absolute atomic E-state index is 0.0367. The molecule has 384 valence electrons. The summed E-state index contributed by atoms with van der Waals surface area (Å²) < 4.78 is 12.3. The third-order valence-corrected chi connectivity index (χ3v) is 16.4. The molecule has 74 heavy (non-hydrogen) atoms. The van der Waals surface area contributed by atoms with Gasteiger partial charge in [0.25, 0.3) is 11.8 Å². The highest BCUT2D eigenvalue weighted by Crippen LogP contribution is 2.37. The van der Waals surface area contributed by atoms with Gasteiger partial charge in [0.2, 0.25) is 0 Å². The van der Waals surface area contributed by atoms with E-state index in [-0.39, 0.29) is 47.8 Å². The Morgan fingerprint density at radius 2 is 0.946 bits per heavy atom. The Hall–Kier alpha value is -6.76. The van der Waals surface area contributed by atoms with Crippen LogP contribution in [0.2, 0.25) is 0 Å². The molecule has 5 aromatic rings. The number of fused-ring (bicyclic) bond motifs is 2. The molecule has 4 heterocycles. The molecule has 0 N–H and O–H groups in total. The number of Topliss-reactive ketones (excluding diaryl/α,β-unsaturated/α-hetero) is 4. The number of nitrogens with zero attached hydrogens (tertiary/aromatic N) is 4. The van der Waals surface area contributed by atoms with Crippen molar-refractivity contribution in [2.45, 2.75) is 154 Å². The molecule has 4 fully saturated rings. The van der Waals surface area contributed by atoms with Gasteiger partial charge in [-0.1, -0.05) is 97.4 Å². The minimum atomic E-state index is -0.521. The van der Waals surface area contributed by atoms with Crippen molar-refractivity contribution in [2.75, 3.05) is 13.1 Å². The number of ketones is 4. The molecule has 2 aliphatic carbocycles. The van der Waals surface area contributed by atoms with Crippen molar-refractivity contribution in [2.24, 2.45) is 0 Å². The summed E-state index contributed by atoms with van der Waals surface area (Å²) in [6.45, 7) is 10.3. The van der Waals surface area contributed by atoms with Gasteiger partial charge in [-0.3, -0.25) is 38.6 Å². The second kappa shape index (κ2) is 22.8. The Morgan fingerprint density at radius 1 is 0.486 bits per heavy atom. The van der Waals surface area contributed by atoms with E-state index in [9.17, 15) is 28.8 Å². The van der Waals surface area contributed by atoms with Gasteiger partial charge < -0.3 is 19.3 Å². The number of hydrogen-bond acceptors (Lipinski definition) is 10. The number of carbonyl (C=O) groups excluding carboxylic acids is 6. The molecule has 2 amide bonds. The van der Waals surface area contributed by atoms with E-state index in [4.69, 9.17) is 9.47 Å². The molecular weight excluding hydrogens is 929 g/mol. The zero-order valence-electron chi connectivity index (χ0n) is 42.8. The van der Waals surface area contributed by atoms with Gasteiger partial charge in [0.15, 0.2) is 11.6 Å². The smallest absolute Gasteiger partial charge is 0.255 e. The average Bonchev–Trinajstić information content (AvgIpc) is 3.93. The summed E-state index contributed by atoms with van der Waals surface area (Å²) in [7, 11) is 0. The summed E-state index contributed by atoms with van der Waals surface area (Å²) in [5.74, 6) is 1.33. The number of carbonyl (C=O) groups is 6. The Balaban J connectivity index is 0.000000170. The zero-order chi connectivity index (χ0) is 51.3.